The Kier molecular flexibility index (Phi) is 3.96. The fraction of sp³-hybridized carbons (Fsp3) is 0.250. The van der Waals surface area contributed by atoms with Crippen LogP contribution in [0.5, 0.6) is 0 Å². The molecule has 1 heterocycles. The Bertz CT molecular complexity index is 691. The molecule has 1 aromatic heterocycles. The standard InChI is InChI=1S/C16H15ClN2O/c1-10-8-15(16(20)11(2)17)12(3)19(10)14-6-4-13(9-18)5-7-14/h4-8,11H,1-3H3. The Labute approximate surface area is 123 Å². The van der Waals surface area contributed by atoms with E-state index in [9.17, 15) is 4.79 Å². The van der Waals surface area contributed by atoms with E-state index in [0.717, 1.165) is 17.1 Å². The number of hydrogen-bond donors (Lipinski definition) is 0. The van der Waals surface area contributed by atoms with Crippen molar-refractivity contribution in [3.63, 3.8) is 0 Å². The van der Waals surface area contributed by atoms with Crippen LogP contribution in [0.2, 0.25) is 0 Å². The number of aryl methyl sites for hydroxylation is 1. The van der Waals surface area contributed by atoms with Gasteiger partial charge in [0.1, 0.15) is 0 Å². The van der Waals surface area contributed by atoms with Crippen LogP contribution in [-0.4, -0.2) is 15.7 Å². The zero-order valence-corrected chi connectivity index (χ0v) is 12.4. The van der Waals surface area contributed by atoms with Gasteiger partial charge >= 0.3 is 0 Å². The molecule has 4 heteroatoms. The van der Waals surface area contributed by atoms with E-state index < -0.39 is 5.38 Å². The smallest absolute Gasteiger partial charge is 0.182 e. The zero-order chi connectivity index (χ0) is 14.9. The zero-order valence-electron chi connectivity index (χ0n) is 11.6. The first-order valence-corrected chi connectivity index (χ1v) is 6.77. The maximum absolute atomic E-state index is 12.1. The van der Waals surface area contributed by atoms with E-state index in [0.29, 0.717) is 11.1 Å². The van der Waals surface area contributed by atoms with Gasteiger partial charge in [0.2, 0.25) is 0 Å². The summed E-state index contributed by atoms with van der Waals surface area (Å²) in [6.07, 6.45) is 0. The first-order valence-electron chi connectivity index (χ1n) is 6.33. The summed E-state index contributed by atoms with van der Waals surface area (Å²) in [5.74, 6) is -0.0698. The summed E-state index contributed by atoms with van der Waals surface area (Å²) in [6, 6.07) is 11.2. The van der Waals surface area contributed by atoms with Crippen LogP contribution < -0.4 is 0 Å². The topological polar surface area (TPSA) is 45.8 Å². The molecule has 0 radical (unpaired) electrons. The van der Waals surface area contributed by atoms with Gasteiger partial charge in [-0.1, -0.05) is 0 Å². The number of nitrogens with zero attached hydrogens (tertiary/aromatic N) is 2. The molecule has 0 fully saturated rings. The lowest BCUT2D eigenvalue weighted by Gasteiger charge is -2.10. The van der Waals surface area contributed by atoms with Crippen molar-refractivity contribution >= 4 is 17.4 Å². The van der Waals surface area contributed by atoms with E-state index in [-0.39, 0.29) is 5.78 Å². The number of aromatic nitrogens is 1. The van der Waals surface area contributed by atoms with E-state index in [1.165, 1.54) is 0 Å². The molecule has 0 saturated carbocycles. The fourth-order valence-electron chi connectivity index (χ4n) is 2.31. The van der Waals surface area contributed by atoms with Gasteiger partial charge in [-0.25, -0.2) is 0 Å². The minimum absolute atomic E-state index is 0.0698. The molecule has 0 bridgehead atoms. The van der Waals surface area contributed by atoms with Crippen molar-refractivity contribution in [1.82, 2.24) is 4.57 Å². The second kappa shape index (κ2) is 5.52. The Hall–Kier alpha value is -2.05. The minimum Gasteiger partial charge on any atom is -0.318 e. The lowest BCUT2D eigenvalue weighted by molar-refractivity contribution is 0.0991. The highest BCUT2D eigenvalue weighted by Crippen LogP contribution is 2.23. The molecule has 0 spiro atoms. The van der Waals surface area contributed by atoms with Crippen molar-refractivity contribution < 1.29 is 4.79 Å². The number of carbonyl (C=O) groups excluding carboxylic acids is 1. The monoisotopic (exact) mass is 286 g/mol. The van der Waals surface area contributed by atoms with Crippen LogP contribution in [0.1, 0.15) is 34.2 Å². The molecule has 0 aliphatic carbocycles. The molecule has 0 aliphatic rings. The molecule has 0 N–H and O–H groups in total. The largest absolute Gasteiger partial charge is 0.318 e. The van der Waals surface area contributed by atoms with Gasteiger partial charge in [0, 0.05) is 22.6 Å². The van der Waals surface area contributed by atoms with Crippen LogP contribution in [0.25, 0.3) is 5.69 Å². The van der Waals surface area contributed by atoms with Crippen molar-refractivity contribution in [2.45, 2.75) is 26.1 Å². The molecule has 0 amide bonds. The molecule has 1 atom stereocenters. The van der Waals surface area contributed by atoms with Gasteiger partial charge in [0.15, 0.2) is 5.78 Å². The highest BCUT2D eigenvalue weighted by Gasteiger charge is 2.19. The Morgan fingerprint density at radius 1 is 1.30 bits per heavy atom. The van der Waals surface area contributed by atoms with Gasteiger partial charge in [-0.3, -0.25) is 4.79 Å². The molecular formula is C16H15ClN2O. The summed E-state index contributed by atoms with van der Waals surface area (Å²) >= 11 is 5.89. The number of alkyl halides is 1. The lowest BCUT2D eigenvalue weighted by Crippen LogP contribution is -2.11. The Morgan fingerprint density at radius 3 is 2.40 bits per heavy atom. The molecule has 2 rings (SSSR count). The molecule has 1 unspecified atom stereocenters. The molecule has 0 aliphatic heterocycles. The predicted molar refractivity (Wildman–Crippen MR) is 79.6 cm³/mol. The van der Waals surface area contributed by atoms with Gasteiger partial charge in [-0.2, -0.15) is 5.26 Å². The van der Waals surface area contributed by atoms with Crippen molar-refractivity contribution in [1.29, 1.82) is 5.26 Å². The van der Waals surface area contributed by atoms with Crippen LogP contribution in [0.3, 0.4) is 0 Å². The maximum Gasteiger partial charge on any atom is 0.182 e. The second-order valence-electron chi connectivity index (χ2n) is 4.76. The predicted octanol–water partition coefficient (Wildman–Crippen LogP) is 3.78. The molecular weight excluding hydrogens is 272 g/mol. The first kappa shape index (κ1) is 14.4. The van der Waals surface area contributed by atoms with E-state index in [1.54, 1.807) is 19.1 Å². The minimum atomic E-state index is -0.537. The maximum atomic E-state index is 12.1. The summed E-state index contributed by atoms with van der Waals surface area (Å²) in [4.78, 5) is 12.1. The summed E-state index contributed by atoms with van der Waals surface area (Å²) < 4.78 is 1.99. The number of rotatable bonds is 3. The number of Topliss-reactive ketones (excluding diaryl/α,β-unsaturated/α-hetero) is 1. The Morgan fingerprint density at radius 2 is 1.90 bits per heavy atom. The van der Waals surface area contributed by atoms with E-state index >= 15 is 0 Å². The summed E-state index contributed by atoms with van der Waals surface area (Å²) in [7, 11) is 0. The van der Waals surface area contributed by atoms with Crippen LogP contribution in [0.15, 0.2) is 30.3 Å². The highest BCUT2D eigenvalue weighted by atomic mass is 35.5. The molecule has 102 valence electrons. The van der Waals surface area contributed by atoms with Gasteiger partial charge in [-0.05, 0) is 51.1 Å². The molecule has 1 aromatic carbocycles. The molecule has 20 heavy (non-hydrogen) atoms. The Balaban J connectivity index is 2.52. The lowest BCUT2D eigenvalue weighted by atomic mass is 10.1. The third-order valence-corrected chi connectivity index (χ3v) is 3.51. The molecule has 2 aromatic rings. The molecule has 3 nitrogen and oxygen atoms in total. The number of benzene rings is 1. The molecule has 0 saturated heterocycles. The normalized spacial score (nSPS) is 11.9. The number of nitriles is 1. The highest BCUT2D eigenvalue weighted by molar-refractivity contribution is 6.33. The van der Waals surface area contributed by atoms with Crippen LogP contribution in [0.4, 0.5) is 0 Å². The summed E-state index contributed by atoms with van der Waals surface area (Å²) in [6.45, 7) is 5.52. The van der Waals surface area contributed by atoms with Gasteiger partial charge in [0.25, 0.3) is 0 Å². The summed E-state index contributed by atoms with van der Waals surface area (Å²) in [5.41, 5.74) is 4.02. The third-order valence-electron chi connectivity index (χ3n) is 3.31. The second-order valence-corrected chi connectivity index (χ2v) is 5.41. The van der Waals surface area contributed by atoms with Crippen molar-refractivity contribution in [3.8, 4) is 11.8 Å². The average molecular weight is 287 g/mol. The third kappa shape index (κ3) is 2.48. The van der Waals surface area contributed by atoms with Crippen LogP contribution in [0, 0.1) is 25.2 Å². The number of carbonyl (C=O) groups is 1. The number of hydrogen-bond acceptors (Lipinski definition) is 2. The van der Waals surface area contributed by atoms with Gasteiger partial charge < -0.3 is 4.57 Å². The SMILES string of the molecule is Cc1cc(C(=O)C(C)Cl)c(C)n1-c1ccc(C#N)cc1. The van der Waals surface area contributed by atoms with Gasteiger partial charge in [-0.15, -0.1) is 11.6 Å². The van der Waals surface area contributed by atoms with Crippen LogP contribution in [-0.2, 0) is 0 Å². The van der Waals surface area contributed by atoms with Crippen molar-refractivity contribution in [2.24, 2.45) is 0 Å². The van der Waals surface area contributed by atoms with E-state index in [2.05, 4.69) is 6.07 Å². The summed E-state index contributed by atoms with van der Waals surface area (Å²) in [5, 5.41) is 8.29. The van der Waals surface area contributed by atoms with Crippen molar-refractivity contribution in [2.75, 3.05) is 0 Å². The fourth-order valence-corrected chi connectivity index (χ4v) is 2.43. The van der Waals surface area contributed by atoms with Crippen LogP contribution >= 0.6 is 11.6 Å². The van der Waals surface area contributed by atoms with E-state index in [1.807, 2.05) is 36.6 Å². The average Bonchev–Trinajstić information content (AvgIpc) is 2.73. The number of halogens is 1. The van der Waals surface area contributed by atoms with E-state index in [4.69, 9.17) is 16.9 Å². The quantitative estimate of drug-likeness (QED) is 0.637. The number of ketones is 1. The first-order chi connectivity index (χ1) is 9.45. The van der Waals surface area contributed by atoms with Crippen molar-refractivity contribution in [3.05, 3.63) is 52.8 Å². The van der Waals surface area contributed by atoms with Gasteiger partial charge in [0.05, 0.1) is 17.0 Å².